The van der Waals surface area contributed by atoms with Crippen molar-refractivity contribution in [1.82, 2.24) is 9.80 Å². The number of amidine groups is 1. The number of piperidine rings is 1. The fourth-order valence-corrected chi connectivity index (χ4v) is 4.49. The highest BCUT2D eigenvalue weighted by molar-refractivity contribution is 8.16. The van der Waals surface area contributed by atoms with E-state index in [1.807, 2.05) is 0 Å². The van der Waals surface area contributed by atoms with E-state index in [1.165, 1.54) is 11.3 Å². The van der Waals surface area contributed by atoms with Crippen molar-refractivity contribution >= 4 is 22.8 Å². The fourth-order valence-electron chi connectivity index (χ4n) is 3.55. The molecule has 23 heavy (non-hydrogen) atoms. The number of allylic oxidation sites excluding steroid dienone is 2. The smallest absolute Gasteiger partial charge is 0.222 e. The maximum Gasteiger partial charge on any atom is 0.222 e. The van der Waals surface area contributed by atoms with E-state index in [0.29, 0.717) is 12.3 Å². The average Bonchev–Trinajstić information content (AvgIpc) is 3.08. The summed E-state index contributed by atoms with van der Waals surface area (Å²) in [6, 6.07) is 0. The minimum atomic E-state index is 0.244. The van der Waals surface area contributed by atoms with Crippen LogP contribution in [-0.2, 0) is 4.79 Å². The molecule has 3 aliphatic rings. The Morgan fingerprint density at radius 3 is 3.09 bits per heavy atom. The van der Waals surface area contributed by atoms with Gasteiger partial charge in [0.1, 0.15) is 0 Å². The summed E-state index contributed by atoms with van der Waals surface area (Å²) >= 11 is 1.70. The molecule has 0 aliphatic carbocycles. The number of likely N-dealkylation sites (tertiary alicyclic amines) is 1. The molecule has 1 atom stereocenters. The zero-order valence-electron chi connectivity index (χ0n) is 14.5. The molecule has 0 N–H and O–H groups in total. The first-order valence-corrected chi connectivity index (χ1v) is 9.44. The van der Waals surface area contributed by atoms with Gasteiger partial charge in [0, 0.05) is 30.6 Å². The number of carbonyl (C=O) groups excluding carboxylic acids is 1. The SMILES string of the molecule is CC(C)=CCC[C@]1(C)CCC(=O)N(CC2=CSC3=NCCN23)C1. The van der Waals surface area contributed by atoms with Crippen LogP contribution in [-0.4, -0.2) is 47.1 Å². The second-order valence-corrected chi connectivity index (χ2v) is 8.26. The monoisotopic (exact) mass is 333 g/mol. The third-order valence-electron chi connectivity index (χ3n) is 4.97. The van der Waals surface area contributed by atoms with Gasteiger partial charge in [0.25, 0.3) is 0 Å². The van der Waals surface area contributed by atoms with Gasteiger partial charge in [-0.2, -0.15) is 0 Å². The molecule has 0 radical (unpaired) electrons. The molecule has 0 saturated carbocycles. The molecule has 0 aromatic heterocycles. The summed E-state index contributed by atoms with van der Waals surface area (Å²) in [6.07, 6.45) is 6.29. The first kappa shape index (κ1) is 16.6. The highest BCUT2D eigenvalue weighted by Gasteiger charge is 2.36. The maximum absolute atomic E-state index is 12.4. The van der Waals surface area contributed by atoms with Crippen molar-refractivity contribution < 1.29 is 4.79 Å². The highest BCUT2D eigenvalue weighted by Crippen LogP contribution is 2.36. The zero-order valence-corrected chi connectivity index (χ0v) is 15.3. The van der Waals surface area contributed by atoms with Crippen LogP contribution in [0.1, 0.15) is 46.5 Å². The molecule has 3 rings (SSSR count). The normalized spacial score (nSPS) is 27.0. The minimum absolute atomic E-state index is 0.244. The van der Waals surface area contributed by atoms with Gasteiger partial charge in [-0.05, 0) is 38.5 Å². The number of aliphatic imine (C=N–C) groups is 1. The standard InChI is InChI=1S/C18H27N3OS/c1-14(2)5-4-7-18(3)8-6-16(22)20(13-18)11-15-12-23-17-19-9-10-21(15)17/h5,12H,4,6-11,13H2,1-3H3/t18-/m1/s1. The Morgan fingerprint density at radius 2 is 2.30 bits per heavy atom. The molecule has 0 aromatic rings. The Bertz CT molecular complexity index is 577. The Balaban J connectivity index is 1.61. The first-order chi connectivity index (χ1) is 11.0. The van der Waals surface area contributed by atoms with Crippen LogP contribution in [0.15, 0.2) is 27.7 Å². The molecule has 126 valence electrons. The van der Waals surface area contributed by atoms with Crippen LogP contribution in [0, 0.1) is 5.41 Å². The summed E-state index contributed by atoms with van der Waals surface area (Å²) in [5.41, 5.74) is 2.87. The summed E-state index contributed by atoms with van der Waals surface area (Å²) in [5.74, 6) is 0.306. The third kappa shape index (κ3) is 3.82. The number of thioether (sulfide) groups is 1. The van der Waals surface area contributed by atoms with Crippen LogP contribution < -0.4 is 0 Å². The molecule has 1 fully saturated rings. The molecular formula is C18H27N3OS. The van der Waals surface area contributed by atoms with Gasteiger partial charge in [-0.1, -0.05) is 30.3 Å². The number of nitrogens with zero attached hydrogens (tertiary/aromatic N) is 3. The first-order valence-electron chi connectivity index (χ1n) is 8.56. The van der Waals surface area contributed by atoms with Gasteiger partial charge in [-0.15, -0.1) is 0 Å². The summed E-state index contributed by atoms with van der Waals surface area (Å²) in [4.78, 5) is 21.2. The highest BCUT2D eigenvalue weighted by atomic mass is 32.2. The zero-order chi connectivity index (χ0) is 16.4. The van der Waals surface area contributed by atoms with Gasteiger partial charge in [0.15, 0.2) is 5.17 Å². The lowest BCUT2D eigenvalue weighted by Crippen LogP contribution is -2.47. The van der Waals surface area contributed by atoms with E-state index in [2.05, 4.69) is 47.0 Å². The van der Waals surface area contributed by atoms with Crippen LogP contribution in [0.3, 0.4) is 0 Å². The van der Waals surface area contributed by atoms with Gasteiger partial charge in [-0.25, -0.2) is 0 Å². The predicted molar refractivity (Wildman–Crippen MR) is 97.3 cm³/mol. The Labute approximate surface area is 143 Å². The average molecular weight is 334 g/mol. The van der Waals surface area contributed by atoms with E-state index in [0.717, 1.165) is 50.6 Å². The quantitative estimate of drug-likeness (QED) is 0.721. The summed E-state index contributed by atoms with van der Waals surface area (Å²) in [5, 5.41) is 3.27. The van der Waals surface area contributed by atoms with Crippen LogP contribution in [0.2, 0.25) is 0 Å². The summed E-state index contributed by atoms with van der Waals surface area (Å²) in [7, 11) is 0. The number of hydrogen-bond acceptors (Lipinski definition) is 4. The van der Waals surface area contributed by atoms with Crippen LogP contribution >= 0.6 is 11.8 Å². The molecule has 1 saturated heterocycles. The number of hydrogen-bond donors (Lipinski definition) is 0. The number of amides is 1. The Hall–Kier alpha value is -1.23. The summed E-state index contributed by atoms with van der Waals surface area (Å²) in [6.45, 7) is 10.1. The molecule has 1 amide bonds. The van der Waals surface area contributed by atoms with Crippen molar-refractivity contribution in [3.8, 4) is 0 Å². The lowest BCUT2D eigenvalue weighted by atomic mass is 9.77. The molecule has 3 heterocycles. The van der Waals surface area contributed by atoms with Crippen LogP contribution in [0.5, 0.6) is 0 Å². The lowest BCUT2D eigenvalue weighted by Gasteiger charge is -2.41. The second-order valence-electron chi connectivity index (χ2n) is 7.42. The number of fused-ring (bicyclic) bond motifs is 1. The van der Waals surface area contributed by atoms with Crippen LogP contribution in [0.25, 0.3) is 0 Å². The van der Waals surface area contributed by atoms with Crippen molar-refractivity contribution in [2.75, 3.05) is 26.2 Å². The maximum atomic E-state index is 12.4. The number of rotatable bonds is 5. The van der Waals surface area contributed by atoms with Gasteiger partial charge < -0.3 is 9.80 Å². The predicted octanol–water partition coefficient (Wildman–Crippen LogP) is 3.62. The molecule has 0 bridgehead atoms. The number of carbonyl (C=O) groups is 1. The van der Waals surface area contributed by atoms with E-state index in [1.54, 1.807) is 11.8 Å². The molecule has 4 nitrogen and oxygen atoms in total. The second kappa shape index (κ2) is 6.71. The van der Waals surface area contributed by atoms with Gasteiger partial charge in [0.05, 0.1) is 13.1 Å². The molecule has 0 unspecified atom stereocenters. The van der Waals surface area contributed by atoms with E-state index >= 15 is 0 Å². The molecular weight excluding hydrogens is 306 g/mol. The minimum Gasteiger partial charge on any atom is -0.336 e. The summed E-state index contributed by atoms with van der Waals surface area (Å²) < 4.78 is 0. The van der Waals surface area contributed by atoms with Gasteiger partial charge >= 0.3 is 0 Å². The Kier molecular flexibility index (Phi) is 4.85. The van der Waals surface area contributed by atoms with E-state index in [-0.39, 0.29) is 5.41 Å². The molecule has 0 aromatic carbocycles. The van der Waals surface area contributed by atoms with Crippen molar-refractivity contribution in [2.45, 2.75) is 46.5 Å². The van der Waals surface area contributed by atoms with Gasteiger partial charge in [0.2, 0.25) is 5.91 Å². The Morgan fingerprint density at radius 1 is 1.48 bits per heavy atom. The largest absolute Gasteiger partial charge is 0.336 e. The van der Waals surface area contributed by atoms with E-state index in [4.69, 9.17) is 0 Å². The van der Waals surface area contributed by atoms with Crippen molar-refractivity contribution in [2.24, 2.45) is 10.4 Å². The van der Waals surface area contributed by atoms with Crippen molar-refractivity contribution in [1.29, 1.82) is 0 Å². The van der Waals surface area contributed by atoms with Crippen molar-refractivity contribution in [3.05, 3.63) is 22.8 Å². The topological polar surface area (TPSA) is 35.9 Å². The molecule has 3 aliphatic heterocycles. The van der Waals surface area contributed by atoms with Gasteiger partial charge in [-0.3, -0.25) is 9.79 Å². The molecule has 0 spiro atoms. The lowest BCUT2D eigenvalue weighted by molar-refractivity contribution is -0.136. The van der Waals surface area contributed by atoms with E-state index < -0.39 is 0 Å². The fraction of sp³-hybridized carbons (Fsp3) is 0.667. The third-order valence-corrected chi connectivity index (χ3v) is 5.92. The van der Waals surface area contributed by atoms with Crippen molar-refractivity contribution in [3.63, 3.8) is 0 Å². The van der Waals surface area contributed by atoms with E-state index in [9.17, 15) is 4.79 Å². The van der Waals surface area contributed by atoms with Crippen LogP contribution in [0.4, 0.5) is 0 Å². The molecule has 5 heteroatoms.